The molecule has 1 aromatic carbocycles. The quantitative estimate of drug-likeness (QED) is 0.689. The molecule has 0 radical (unpaired) electrons. The van der Waals surface area contributed by atoms with Crippen molar-refractivity contribution in [2.75, 3.05) is 18.4 Å². The average molecular weight is 394 g/mol. The molecule has 1 aliphatic carbocycles. The van der Waals surface area contributed by atoms with Crippen molar-refractivity contribution in [3.8, 4) is 0 Å². The number of halogens is 1. The van der Waals surface area contributed by atoms with Gasteiger partial charge in [0.15, 0.2) is 0 Å². The molecule has 0 spiro atoms. The largest absolute Gasteiger partial charge is 0.349 e. The highest BCUT2D eigenvalue weighted by Crippen LogP contribution is 2.23. The highest BCUT2D eigenvalue weighted by Gasteiger charge is 2.22. The highest BCUT2D eigenvalue weighted by molar-refractivity contribution is 5.96. The van der Waals surface area contributed by atoms with E-state index in [2.05, 4.69) is 22.9 Å². The van der Waals surface area contributed by atoms with Crippen LogP contribution in [0, 0.1) is 11.8 Å². The lowest BCUT2D eigenvalue weighted by atomic mass is 9.85. The minimum atomic E-state index is -0.0202. The van der Waals surface area contributed by atoms with Crippen molar-refractivity contribution in [1.82, 2.24) is 10.6 Å². The third-order valence-corrected chi connectivity index (χ3v) is 5.77. The zero-order valence-corrected chi connectivity index (χ0v) is 16.9. The van der Waals surface area contributed by atoms with E-state index in [0.717, 1.165) is 31.6 Å². The van der Waals surface area contributed by atoms with Crippen LogP contribution in [0.2, 0.25) is 0 Å². The van der Waals surface area contributed by atoms with E-state index in [1.54, 1.807) is 12.1 Å². The first-order chi connectivity index (χ1) is 12.6. The maximum Gasteiger partial charge on any atom is 0.251 e. The number of benzene rings is 1. The molecule has 1 saturated carbocycles. The number of carbonyl (C=O) groups excluding carboxylic acids is 2. The van der Waals surface area contributed by atoms with Gasteiger partial charge in [-0.25, -0.2) is 0 Å². The lowest BCUT2D eigenvalue weighted by Crippen LogP contribution is -2.34. The Bertz CT molecular complexity index is 608. The fraction of sp³-hybridized carbons (Fsp3) is 0.619. The second-order valence-corrected chi connectivity index (χ2v) is 7.87. The van der Waals surface area contributed by atoms with Gasteiger partial charge < -0.3 is 16.0 Å². The minimum absolute atomic E-state index is 0. The van der Waals surface area contributed by atoms with Gasteiger partial charge in [0.25, 0.3) is 5.91 Å². The van der Waals surface area contributed by atoms with Crippen LogP contribution in [0.1, 0.15) is 62.2 Å². The van der Waals surface area contributed by atoms with Crippen molar-refractivity contribution < 1.29 is 9.59 Å². The number of rotatable bonds is 6. The lowest BCUT2D eigenvalue weighted by Gasteiger charge is -2.28. The normalized spacial score (nSPS) is 21.1. The lowest BCUT2D eigenvalue weighted by molar-refractivity contribution is -0.117. The van der Waals surface area contributed by atoms with Gasteiger partial charge in [-0.15, -0.1) is 12.4 Å². The fourth-order valence-electron chi connectivity index (χ4n) is 4.08. The minimum Gasteiger partial charge on any atom is -0.349 e. The molecular weight excluding hydrogens is 362 g/mol. The Kier molecular flexibility index (Phi) is 8.58. The van der Waals surface area contributed by atoms with Crippen LogP contribution in [0.25, 0.3) is 0 Å². The first-order valence-electron chi connectivity index (χ1n) is 10.0. The fourth-order valence-corrected chi connectivity index (χ4v) is 4.08. The van der Waals surface area contributed by atoms with E-state index in [-0.39, 0.29) is 24.2 Å². The molecule has 0 aromatic heterocycles. The smallest absolute Gasteiger partial charge is 0.251 e. The summed E-state index contributed by atoms with van der Waals surface area (Å²) in [7, 11) is 0. The second kappa shape index (κ2) is 10.7. The van der Waals surface area contributed by atoms with Crippen molar-refractivity contribution in [3.05, 3.63) is 29.8 Å². The van der Waals surface area contributed by atoms with Gasteiger partial charge in [-0.3, -0.25) is 9.59 Å². The summed E-state index contributed by atoms with van der Waals surface area (Å²) >= 11 is 0. The van der Waals surface area contributed by atoms with Crippen LogP contribution in [0.15, 0.2) is 24.3 Å². The van der Waals surface area contributed by atoms with Crippen LogP contribution in [0.5, 0.6) is 0 Å². The van der Waals surface area contributed by atoms with Crippen LogP contribution < -0.4 is 16.0 Å². The summed E-state index contributed by atoms with van der Waals surface area (Å²) in [5.74, 6) is 0.981. The van der Waals surface area contributed by atoms with E-state index >= 15 is 0 Å². The van der Waals surface area contributed by atoms with E-state index in [0.29, 0.717) is 29.9 Å². The predicted octanol–water partition coefficient (Wildman–Crippen LogP) is 3.75. The molecule has 5 nitrogen and oxygen atoms in total. The molecule has 0 bridgehead atoms. The van der Waals surface area contributed by atoms with Crippen LogP contribution >= 0.6 is 12.4 Å². The van der Waals surface area contributed by atoms with Crippen LogP contribution in [-0.4, -0.2) is 30.9 Å². The summed E-state index contributed by atoms with van der Waals surface area (Å²) in [5, 5.41) is 9.46. The Balaban J connectivity index is 0.00000261. The summed E-state index contributed by atoms with van der Waals surface area (Å²) in [4.78, 5) is 24.6. The maximum atomic E-state index is 12.3. The van der Waals surface area contributed by atoms with Gasteiger partial charge in [-0.2, -0.15) is 0 Å². The summed E-state index contributed by atoms with van der Waals surface area (Å²) in [6.07, 6.45) is 7.49. The van der Waals surface area contributed by atoms with E-state index in [1.165, 1.54) is 25.7 Å². The maximum absolute atomic E-state index is 12.3. The molecule has 1 heterocycles. The molecule has 150 valence electrons. The zero-order valence-electron chi connectivity index (χ0n) is 16.1. The number of nitrogens with one attached hydrogen (secondary N) is 3. The third kappa shape index (κ3) is 6.51. The number of hydrogen-bond donors (Lipinski definition) is 3. The summed E-state index contributed by atoms with van der Waals surface area (Å²) < 4.78 is 0. The van der Waals surface area contributed by atoms with Gasteiger partial charge in [0, 0.05) is 23.7 Å². The molecule has 1 saturated heterocycles. The van der Waals surface area contributed by atoms with Gasteiger partial charge in [-0.05, 0) is 74.9 Å². The summed E-state index contributed by atoms with van der Waals surface area (Å²) in [6, 6.07) is 7.52. The zero-order chi connectivity index (χ0) is 18.4. The monoisotopic (exact) mass is 393 g/mol. The van der Waals surface area contributed by atoms with Gasteiger partial charge in [0.05, 0.1) is 0 Å². The predicted molar refractivity (Wildman–Crippen MR) is 111 cm³/mol. The van der Waals surface area contributed by atoms with Gasteiger partial charge in [-0.1, -0.05) is 19.8 Å². The molecule has 27 heavy (non-hydrogen) atoms. The van der Waals surface area contributed by atoms with E-state index in [1.807, 2.05) is 12.1 Å². The highest BCUT2D eigenvalue weighted by atomic mass is 35.5. The van der Waals surface area contributed by atoms with Gasteiger partial charge >= 0.3 is 0 Å². The second-order valence-electron chi connectivity index (χ2n) is 7.87. The third-order valence-electron chi connectivity index (χ3n) is 5.77. The van der Waals surface area contributed by atoms with E-state index in [9.17, 15) is 9.59 Å². The Morgan fingerprint density at radius 3 is 2.44 bits per heavy atom. The first kappa shape index (κ1) is 21.7. The van der Waals surface area contributed by atoms with Crippen LogP contribution in [0.4, 0.5) is 5.69 Å². The number of hydrogen-bond acceptors (Lipinski definition) is 3. The standard InChI is InChI=1S/C21H31N3O2.ClH/c1-15(17-5-4-12-22-14-17)13-20(25)23-19-10-8-16(9-11-19)21(26)24-18-6-2-3-7-18;/h8-11,15,17-18,22H,2-7,12-14H2,1H3,(H,23,25)(H,24,26);1H. The average Bonchev–Trinajstić information content (AvgIpc) is 3.16. The summed E-state index contributed by atoms with van der Waals surface area (Å²) in [5.41, 5.74) is 1.40. The number of anilines is 1. The Morgan fingerprint density at radius 2 is 1.81 bits per heavy atom. The van der Waals surface area contributed by atoms with E-state index < -0.39 is 0 Å². The molecule has 3 rings (SSSR count). The SMILES string of the molecule is CC(CC(=O)Nc1ccc(C(=O)NC2CCCC2)cc1)C1CCCNC1.Cl. The number of amides is 2. The van der Waals surface area contributed by atoms with Crippen molar-refractivity contribution in [3.63, 3.8) is 0 Å². The topological polar surface area (TPSA) is 70.2 Å². The molecule has 2 amide bonds. The van der Waals surface area contributed by atoms with Crippen LogP contribution in [0.3, 0.4) is 0 Å². The van der Waals surface area contributed by atoms with Crippen molar-refractivity contribution >= 4 is 29.9 Å². The van der Waals surface area contributed by atoms with Crippen LogP contribution in [-0.2, 0) is 4.79 Å². The Morgan fingerprint density at radius 1 is 1.11 bits per heavy atom. The molecule has 2 fully saturated rings. The molecule has 2 atom stereocenters. The van der Waals surface area contributed by atoms with Crippen molar-refractivity contribution in [1.29, 1.82) is 0 Å². The van der Waals surface area contributed by atoms with Gasteiger partial charge in [0.2, 0.25) is 5.91 Å². The van der Waals surface area contributed by atoms with Crippen molar-refractivity contribution in [2.24, 2.45) is 11.8 Å². The van der Waals surface area contributed by atoms with E-state index in [4.69, 9.17) is 0 Å². The molecule has 3 N–H and O–H groups in total. The van der Waals surface area contributed by atoms with Gasteiger partial charge in [0.1, 0.15) is 0 Å². The molecular formula is C21H32ClN3O2. The molecule has 1 aromatic rings. The number of carbonyl (C=O) groups is 2. The Hall–Kier alpha value is -1.59. The van der Waals surface area contributed by atoms with Crippen molar-refractivity contribution in [2.45, 2.75) is 57.9 Å². The number of piperidine rings is 1. The molecule has 2 unspecified atom stereocenters. The molecule has 6 heteroatoms. The molecule has 1 aliphatic heterocycles. The summed E-state index contributed by atoms with van der Waals surface area (Å²) in [6.45, 7) is 4.27. The Labute approximate surface area is 168 Å². The first-order valence-corrected chi connectivity index (χ1v) is 10.0. The molecule has 2 aliphatic rings.